The Labute approximate surface area is 184 Å². The minimum atomic E-state index is -0.594. The third kappa shape index (κ3) is 6.91. The molecule has 1 N–H and O–H groups in total. The molecule has 4 nitrogen and oxygen atoms in total. The molecule has 0 saturated heterocycles. The van der Waals surface area contributed by atoms with Crippen molar-refractivity contribution in [3.8, 4) is 0 Å². The molecule has 0 aromatic heterocycles. The van der Waals surface area contributed by atoms with Crippen LogP contribution >= 0.6 is 35.0 Å². The highest BCUT2D eigenvalue weighted by Crippen LogP contribution is 2.25. The van der Waals surface area contributed by atoms with Crippen LogP contribution in [-0.2, 0) is 21.9 Å². The van der Waals surface area contributed by atoms with E-state index in [1.165, 1.54) is 23.9 Å². The minimum Gasteiger partial charge on any atom is -0.357 e. The monoisotopic (exact) mass is 456 g/mol. The first-order valence-corrected chi connectivity index (χ1v) is 11.0. The van der Waals surface area contributed by atoms with Crippen LogP contribution < -0.4 is 5.32 Å². The highest BCUT2D eigenvalue weighted by molar-refractivity contribution is 7.99. The van der Waals surface area contributed by atoms with E-state index in [1.54, 1.807) is 36.2 Å². The number of rotatable bonds is 9. The largest absolute Gasteiger partial charge is 0.357 e. The summed E-state index contributed by atoms with van der Waals surface area (Å²) in [6, 6.07) is 10.7. The Hall–Kier alpha value is -1.76. The Balaban J connectivity index is 2.08. The molecule has 2 rings (SSSR count). The smallest absolute Gasteiger partial charge is 0.242 e. The van der Waals surface area contributed by atoms with Crippen molar-refractivity contribution in [3.05, 3.63) is 69.5 Å². The van der Waals surface area contributed by atoms with Crippen LogP contribution in [0.4, 0.5) is 4.39 Å². The SMILES string of the molecule is CCC(C(=O)NC)N(Cc1ccc(F)cc1)C(=O)CSCc1ccc(Cl)c(Cl)c1. The lowest BCUT2D eigenvalue weighted by molar-refractivity contribution is -0.139. The molecule has 0 aliphatic carbocycles. The molecule has 2 aromatic carbocycles. The molecule has 0 aliphatic heterocycles. The van der Waals surface area contributed by atoms with Crippen LogP contribution in [0.15, 0.2) is 42.5 Å². The third-order valence-electron chi connectivity index (χ3n) is 4.38. The summed E-state index contributed by atoms with van der Waals surface area (Å²) in [4.78, 5) is 26.8. The van der Waals surface area contributed by atoms with Gasteiger partial charge in [-0.3, -0.25) is 9.59 Å². The van der Waals surface area contributed by atoms with Crippen molar-refractivity contribution in [2.45, 2.75) is 31.7 Å². The normalized spacial score (nSPS) is 11.8. The van der Waals surface area contributed by atoms with Gasteiger partial charge in [-0.25, -0.2) is 4.39 Å². The third-order valence-corrected chi connectivity index (χ3v) is 6.10. The van der Waals surface area contributed by atoms with Crippen molar-refractivity contribution < 1.29 is 14.0 Å². The molecule has 29 heavy (non-hydrogen) atoms. The van der Waals surface area contributed by atoms with E-state index in [9.17, 15) is 14.0 Å². The number of hydrogen-bond donors (Lipinski definition) is 1. The van der Waals surface area contributed by atoms with Gasteiger partial charge in [0.15, 0.2) is 0 Å². The fourth-order valence-electron chi connectivity index (χ4n) is 2.84. The lowest BCUT2D eigenvalue weighted by Crippen LogP contribution is -2.48. The molecule has 0 saturated carbocycles. The molecule has 0 heterocycles. The number of nitrogens with one attached hydrogen (secondary N) is 1. The summed E-state index contributed by atoms with van der Waals surface area (Å²) in [5, 5.41) is 3.57. The number of likely N-dealkylation sites (N-methyl/N-ethyl adjacent to an activating group) is 1. The van der Waals surface area contributed by atoms with Gasteiger partial charge in [-0.05, 0) is 41.8 Å². The molecular weight excluding hydrogens is 434 g/mol. The van der Waals surface area contributed by atoms with Gasteiger partial charge in [0.2, 0.25) is 11.8 Å². The number of nitrogens with zero attached hydrogens (tertiary/aromatic N) is 1. The Kier molecular flexibility index (Phi) is 9.27. The second kappa shape index (κ2) is 11.4. The van der Waals surface area contributed by atoms with Gasteiger partial charge in [0.05, 0.1) is 15.8 Å². The Morgan fingerprint density at radius 3 is 2.34 bits per heavy atom. The van der Waals surface area contributed by atoms with Crippen LogP contribution in [0.5, 0.6) is 0 Å². The Morgan fingerprint density at radius 1 is 1.10 bits per heavy atom. The van der Waals surface area contributed by atoms with E-state index in [2.05, 4.69) is 5.32 Å². The van der Waals surface area contributed by atoms with E-state index in [0.717, 1.165) is 11.1 Å². The molecule has 2 aromatic rings. The molecule has 0 radical (unpaired) electrons. The van der Waals surface area contributed by atoms with Crippen LogP contribution in [0, 0.1) is 5.82 Å². The zero-order valence-corrected chi connectivity index (χ0v) is 18.6. The first-order valence-electron chi connectivity index (χ1n) is 9.12. The van der Waals surface area contributed by atoms with Crippen LogP contribution in [0.25, 0.3) is 0 Å². The topological polar surface area (TPSA) is 49.4 Å². The van der Waals surface area contributed by atoms with Crippen molar-refractivity contribution in [2.75, 3.05) is 12.8 Å². The molecule has 8 heteroatoms. The van der Waals surface area contributed by atoms with Crippen molar-refractivity contribution in [2.24, 2.45) is 0 Å². The van der Waals surface area contributed by atoms with Crippen molar-refractivity contribution in [1.82, 2.24) is 10.2 Å². The number of halogens is 3. The summed E-state index contributed by atoms with van der Waals surface area (Å²) in [5.74, 6) is 0.0630. The number of thioether (sulfide) groups is 1. The van der Waals surface area contributed by atoms with E-state index in [1.807, 2.05) is 13.0 Å². The fraction of sp³-hybridized carbons (Fsp3) is 0.333. The standard InChI is InChI=1S/C21H23Cl2FN2O2S/c1-3-19(21(28)25-2)26(11-14-4-7-16(24)8-5-14)20(27)13-29-12-15-6-9-17(22)18(23)10-15/h4-10,19H,3,11-13H2,1-2H3,(H,25,28). The van der Waals surface area contributed by atoms with Crippen molar-refractivity contribution in [3.63, 3.8) is 0 Å². The van der Waals surface area contributed by atoms with E-state index in [-0.39, 0.29) is 29.9 Å². The number of benzene rings is 2. The molecule has 2 amide bonds. The second-order valence-electron chi connectivity index (χ2n) is 6.43. The number of carbonyl (C=O) groups is 2. The zero-order chi connectivity index (χ0) is 21.4. The quantitative estimate of drug-likeness (QED) is 0.582. The van der Waals surface area contributed by atoms with Gasteiger partial charge in [0.1, 0.15) is 11.9 Å². The number of amides is 2. The molecule has 0 fully saturated rings. The highest BCUT2D eigenvalue weighted by atomic mass is 35.5. The van der Waals surface area contributed by atoms with Crippen LogP contribution in [0.1, 0.15) is 24.5 Å². The molecule has 1 atom stereocenters. The molecule has 1 unspecified atom stereocenters. The van der Waals surface area contributed by atoms with E-state index >= 15 is 0 Å². The van der Waals surface area contributed by atoms with Gasteiger partial charge in [-0.15, -0.1) is 11.8 Å². The predicted molar refractivity (Wildman–Crippen MR) is 118 cm³/mol. The molecule has 156 valence electrons. The van der Waals surface area contributed by atoms with E-state index in [0.29, 0.717) is 22.2 Å². The maximum atomic E-state index is 13.2. The summed E-state index contributed by atoms with van der Waals surface area (Å²) in [5.41, 5.74) is 1.72. The average Bonchev–Trinajstić information content (AvgIpc) is 2.71. The molecule has 0 spiro atoms. The van der Waals surface area contributed by atoms with Gasteiger partial charge in [-0.2, -0.15) is 0 Å². The minimum absolute atomic E-state index is 0.158. The molecule has 0 bridgehead atoms. The van der Waals surface area contributed by atoms with Crippen molar-refractivity contribution >= 4 is 46.8 Å². The molecule has 0 aliphatic rings. The van der Waals surface area contributed by atoms with E-state index < -0.39 is 6.04 Å². The summed E-state index contributed by atoms with van der Waals surface area (Å²) in [7, 11) is 1.55. The number of hydrogen-bond acceptors (Lipinski definition) is 3. The van der Waals surface area contributed by atoms with Crippen LogP contribution in [0.3, 0.4) is 0 Å². The van der Waals surface area contributed by atoms with Gasteiger partial charge >= 0.3 is 0 Å². The second-order valence-corrected chi connectivity index (χ2v) is 8.23. The fourth-order valence-corrected chi connectivity index (χ4v) is 4.02. The van der Waals surface area contributed by atoms with E-state index in [4.69, 9.17) is 23.2 Å². The van der Waals surface area contributed by atoms with Crippen molar-refractivity contribution in [1.29, 1.82) is 0 Å². The maximum absolute atomic E-state index is 13.2. The van der Waals surface area contributed by atoms with Gasteiger partial charge in [0.25, 0.3) is 0 Å². The first-order chi connectivity index (χ1) is 13.8. The van der Waals surface area contributed by atoms with Crippen LogP contribution in [0.2, 0.25) is 10.0 Å². The maximum Gasteiger partial charge on any atom is 0.242 e. The lowest BCUT2D eigenvalue weighted by atomic mass is 10.1. The Bertz CT molecular complexity index is 849. The highest BCUT2D eigenvalue weighted by Gasteiger charge is 2.27. The van der Waals surface area contributed by atoms with Gasteiger partial charge in [-0.1, -0.05) is 48.3 Å². The zero-order valence-electron chi connectivity index (χ0n) is 16.3. The molecular formula is C21H23Cl2FN2O2S. The first kappa shape index (κ1) is 23.5. The van der Waals surface area contributed by atoms with Gasteiger partial charge < -0.3 is 10.2 Å². The average molecular weight is 457 g/mol. The van der Waals surface area contributed by atoms with Crippen LogP contribution in [-0.4, -0.2) is 35.6 Å². The summed E-state index contributed by atoms with van der Waals surface area (Å²) >= 11 is 13.4. The van der Waals surface area contributed by atoms with Gasteiger partial charge in [0, 0.05) is 19.3 Å². The summed E-state index contributed by atoms with van der Waals surface area (Å²) in [6.07, 6.45) is 0.476. The Morgan fingerprint density at radius 2 is 1.76 bits per heavy atom. The summed E-state index contributed by atoms with van der Waals surface area (Å²) in [6.45, 7) is 2.09. The number of carbonyl (C=O) groups excluding carboxylic acids is 2. The summed E-state index contributed by atoms with van der Waals surface area (Å²) < 4.78 is 13.2. The predicted octanol–water partition coefficient (Wildman–Crippen LogP) is 4.92. The lowest BCUT2D eigenvalue weighted by Gasteiger charge is -2.30.